The summed E-state index contributed by atoms with van der Waals surface area (Å²) in [4.78, 5) is 0. The molecular weight excluding hydrogens is 247 g/mol. The SMILES string of the molecule is CCCCCCCC(CCCCCC)CCCB(O)O. The monoisotopic (exact) mass is 284 g/mol. The Bertz CT molecular complexity index is 186. The molecule has 0 aromatic rings. The van der Waals surface area contributed by atoms with E-state index in [4.69, 9.17) is 10.0 Å². The quantitative estimate of drug-likeness (QED) is 0.321. The summed E-state index contributed by atoms with van der Waals surface area (Å²) in [5.74, 6) is 0.812. The topological polar surface area (TPSA) is 40.5 Å². The van der Waals surface area contributed by atoms with Crippen LogP contribution in [-0.2, 0) is 0 Å². The van der Waals surface area contributed by atoms with Gasteiger partial charge in [-0.3, -0.25) is 0 Å². The molecule has 0 heterocycles. The van der Waals surface area contributed by atoms with Gasteiger partial charge in [-0.25, -0.2) is 0 Å². The lowest BCUT2D eigenvalue weighted by Gasteiger charge is -2.17. The van der Waals surface area contributed by atoms with E-state index in [1.165, 1.54) is 77.0 Å². The fourth-order valence-corrected chi connectivity index (χ4v) is 2.92. The van der Waals surface area contributed by atoms with Crippen molar-refractivity contribution in [2.75, 3.05) is 0 Å². The molecule has 20 heavy (non-hydrogen) atoms. The molecule has 1 atom stereocenters. The van der Waals surface area contributed by atoms with E-state index in [1.54, 1.807) is 0 Å². The van der Waals surface area contributed by atoms with Crippen molar-refractivity contribution < 1.29 is 10.0 Å². The zero-order valence-electron chi connectivity index (χ0n) is 13.9. The van der Waals surface area contributed by atoms with Gasteiger partial charge in [0.2, 0.25) is 0 Å². The summed E-state index contributed by atoms with van der Waals surface area (Å²) in [7, 11) is -1.11. The van der Waals surface area contributed by atoms with Crippen molar-refractivity contribution in [1.82, 2.24) is 0 Å². The first-order valence-corrected chi connectivity index (χ1v) is 9.06. The van der Waals surface area contributed by atoms with E-state index in [1.807, 2.05) is 0 Å². The van der Waals surface area contributed by atoms with E-state index in [-0.39, 0.29) is 0 Å². The summed E-state index contributed by atoms with van der Waals surface area (Å²) >= 11 is 0. The van der Waals surface area contributed by atoms with Gasteiger partial charge in [0, 0.05) is 0 Å². The molecule has 3 heteroatoms. The van der Waals surface area contributed by atoms with Crippen LogP contribution in [0.15, 0.2) is 0 Å². The predicted molar refractivity (Wildman–Crippen MR) is 89.9 cm³/mol. The maximum absolute atomic E-state index is 8.94. The minimum Gasteiger partial charge on any atom is -0.427 e. The molecule has 0 bridgehead atoms. The van der Waals surface area contributed by atoms with Crippen LogP contribution in [0.2, 0.25) is 6.32 Å². The van der Waals surface area contributed by atoms with Gasteiger partial charge < -0.3 is 10.0 Å². The minimum absolute atomic E-state index is 0.543. The Hall–Kier alpha value is -0.0151. The van der Waals surface area contributed by atoms with Crippen molar-refractivity contribution in [2.45, 2.75) is 104 Å². The lowest BCUT2D eigenvalue weighted by Crippen LogP contribution is -2.11. The van der Waals surface area contributed by atoms with E-state index in [2.05, 4.69) is 13.8 Å². The Morgan fingerprint density at radius 1 is 0.650 bits per heavy atom. The van der Waals surface area contributed by atoms with E-state index < -0.39 is 7.12 Å². The molecule has 0 aromatic heterocycles. The highest BCUT2D eigenvalue weighted by Gasteiger charge is 2.11. The molecule has 0 spiro atoms. The third-order valence-electron chi connectivity index (χ3n) is 4.26. The van der Waals surface area contributed by atoms with Crippen LogP contribution >= 0.6 is 0 Å². The minimum atomic E-state index is -1.11. The molecule has 0 aliphatic heterocycles. The fraction of sp³-hybridized carbons (Fsp3) is 1.00. The van der Waals surface area contributed by atoms with Crippen LogP contribution in [0.4, 0.5) is 0 Å². The van der Waals surface area contributed by atoms with E-state index in [0.29, 0.717) is 6.32 Å². The van der Waals surface area contributed by atoms with Gasteiger partial charge in [0.15, 0.2) is 0 Å². The van der Waals surface area contributed by atoms with E-state index >= 15 is 0 Å². The largest absolute Gasteiger partial charge is 0.451 e. The highest BCUT2D eigenvalue weighted by molar-refractivity contribution is 6.40. The molecule has 120 valence electrons. The predicted octanol–water partition coefficient (Wildman–Crippen LogP) is 5.19. The molecule has 0 aromatic carbocycles. The molecule has 0 radical (unpaired) electrons. The smallest absolute Gasteiger partial charge is 0.427 e. The molecule has 0 aliphatic rings. The molecular formula is C17H37BO2. The third-order valence-corrected chi connectivity index (χ3v) is 4.26. The molecule has 0 saturated carbocycles. The summed E-state index contributed by atoms with van der Waals surface area (Å²) in [5, 5.41) is 17.9. The van der Waals surface area contributed by atoms with E-state index in [9.17, 15) is 0 Å². The maximum Gasteiger partial charge on any atom is 0.451 e. The second-order valence-electron chi connectivity index (χ2n) is 6.33. The number of hydrogen-bond acceptors (Lipinski definition) is 2. The lowest BCUT2D eigenvalue weighted by atomic mass is 9.80. The average Bonchev–Trinajstić information content (AvgIpc) is 2.42. The van der Waals surface area contributed by atoms with Crippen LogP contribution in [0.5, 0.6) is 0 Å². The first-order valence-electron chi connectivity index (χ1n) is 9.06. The van der Waals surface area contributed by atoms with E-state index in [0.717, 1.165) is 12.3 Å². The zero-order chi connectivity index (χ0) is 15.1. The molecule has 0 rings (SSSR count). The van der Waals surface area contributed by atoms with Gasteiger partial charge >= 0.3 is 7.12 Å². The van der Waals surface area contributed by atoms with Crippen molar-refractivity contribution in [3.8, 4) is 0 Å². The van der Waals surface area contributed by atoms with Crippen LogP contribution < -0.4 is 0 Å². The summed E-state index contributed by atoms with van der Waals surface area (Å²) in [6, 6.07) is 0. The van der Waals surface area contributed by atoms with Gasteiger partial charge in [0.05, 0.1) is 0 Å². The van der Waals surface area contributed by atoms with Gasteiger partial charge in [-0.15, -0.1) is 0 Å². The van der Waals surface area contributed by atoms with Gasteiger partial charge in [0.25, 0.3) is 0 Å². The first kappa shape index (κ1) is 20.0. The zero-order valence-corrected chi connectivity index (χ0v) is 13.9. The number of rotatable bonds is 15. The normalized spacial score (nSPS) is 12.6. The van der Waals surface area contributed by atoms with Crippen molar-refractivity contribution in [1.29, 1.82) is 0 Å². The molecule has 1 unspecified atom stereocenters. The molecule has 0 amide bonds. The Labute approximate surface area is 127 Å². The Kier molecular flexibility index (Phi) is 15.4. The second kappa shape index (κ2) is 15.4. The summed E-state index contributed by atoms with van der Waals surface area (Å²) < 4.78 is 0. The van der Waals surface area contributed by atoms with Crippen LogP contribution in [0.1, 0.15) is 97.3 Å². The highest BCUT2D eigenvalue weighted by atomic mass is 16.4. The van der Waals surface area contributed by atoms with Crippen LogP contribution in [-0.4, -0.2) is 17.2 Å². The Morgan fingerprint density at radius 3 is 1.60 bits per heavy atom. The lowest BCUT2D eigenvalue weighted by molar-refractivity contribution is 0.364. The highest BCUT2D eigenvalue weighted by Crippen LogP contribution is 2.23. The maximum atomic E-state index is 8.94. The molecule has 2 nitrogen and oxygen atoms in total. The van der Waals surface area contributed by atoms with Crippen molar-refractivity contribution >= 4 is 7.12 Å². The van der Waals surface area contributed by atoms with Gasteiger partial charge in [0.1, 0.15) is 0 Å². The summed E-state index contributed by atoms with van der Waals surface area (Å²) in [5.41, 5.74) is 0. The summed E-state index contributed by atoms with van der Waals surface area (Å²) in [6.07, 6.45) is 17.6. The molecule has 0 aliphatic carbocycles. The second-order valence-corrected chi connectivity index (χ2v) is 6.33. The standard InChI is InChI=1S/C17H37BO2/c1-3-5-7-9-11-14-17(13-10-8-6-4-2)15-12-16-18(19)20/h17,19-20H,3-16H2,1-2H3. The van der Waals surface area contributed by atoms with Crippen molar-refractivity contribution in [2.24, 2.45) is 5.92 Å². The van der Waals surface area contributed by atoms with Crippen molar-refractivity contribution in [3.05, 3.63) is 0 Å². The Morgan fingerprint density at radius 2 is 1.10 bits per heavy atom. The van der Waals surface area contributed by atoms with Gasteiger partial charge in [-0.2, -0.15) is 0 Å². The van der Waals surface area contributed by atoms with Crippen LogP contribution in [0.25, 0.3) is 0 Å². The molecule has 0 saturated heterocycles. The van der Waals surface area contributed by atoms with Crippen LogP contribution in [0.3, 0.4) is 0 Å². The molecule has 2 N–H and O–H groups in total. The Balaban J connectivity index is 3.73. The van der Waals surface area contributed by atoms with Crippen LogP contribution in [0, 0.1) is 5.92 Å². The van der Waals surface area contributed by atoms with Gasteiger partial charge in [-0.05, 0) is 12.2 Å². The molecule has 0 fully saturated rings. The summed E-state index contributed by atoms with van der Waals surface area (Å²) in [6.45, 7) is 4.52. The fourth-order valence-electron chi connectivity index (χ4n) is 2.92. The number of hydrogen-bond donors (Lipinski definition) is 2. The van der Waals surface area contributed by atoms with Gasteiger partial charge in [-0.1, -0.05) is 97.3 Å². The average molecular weight is 284 g/mol. The van der Waals surface area contributed by atoms with Crippen molar-refractivity contribution in [3.63, 3.8) is 0 Å². The third kappa shape index (κ3) is 14.4. The first-order chi connectivity index (χ1) is 9.70. The number of unbranched alkanes of at least 4 members (excludes halogenated alkanes) is 7.